The van der Waals surface area contributed by atoms with Crippen molar-refractivity contribution in [3.63, 3.8) is 0 Å². The molecule has 1 amide bonds. The molecule has 0 radical (unpaired) electrons. The van der Waals surface area contributed by atoms with Crippen LogP contribution in [0.25, 0.3) is 11.1 Å². The molecule has 4 rings (SSSR count). The number of ether oxygens (including phenoxy) is 1. The Labute approximate surface area is 192 Å². The highest BCUT2D eigenvalue weighted by Gasteiger charge is 2.49. The number of halogens is 3. The van der Waals surface area contributed by atoms with Crippen LogP contribution in [0.2, 0.25) is 5.02 Å². The maximum absolute atomic E-state index is 13.5. The van der Waals surface area contributed by atoms with Crippen molar-refractivity contribution in [2.45, 2.75) is 50.8 Å². The van der Waals surface area contributed by atoms with E-state index in [0.717, 1.165) is 34.0 Å². The van der Waals surface area contributed by atoms with Gasteiger partial charge in [-0.15, -0.1) is 0 Å². The SMILES string of the molecule is Cc1ccc(-c2ccc(F)c(Cl)c2)c(NC(=O)OC2CC3CCC(C2)[N+]3(C)C)c1.[Br-]. The number of hydrogen-bond donors (Lipinski definition) is 1. The normalized spacial score (nSPS) is 24.1. The van der Waals surface area contributed by atoms with Gasteiger partial charge >= 0.3 is 6.09 Å². The minimum Gasteiger partial charge on any atom is -1.00 e. The number of carbonyl (C=O) groups is 1. The van der Waals surface area contributed by atoms with E-state index in [1.165, 1.54) is 18.9 Å². The molecule has 2 aromatic carbocycles. The number of fused-ring (bicyclic) bond motifs is 2. The fourth-order valence-corrected chi connectivity index (χ4v) is 5.08. The molecule has 2 bridgehead atoms. The summed E-state index contributed by atoms with van der Waals surface area (Å²) in [5.41, 5.74) is 3.15. The topological polar surface area (TPSA) is 38.3 Å². The van der Waals surface area contributed by atoms with Crippen LogP contribution in [0.15, 0.2) is 36.4 Å². The number of amides is 1. The Morgan fingerprint density at radius 3 is 2.43 bits per heavy atom. The molecule has 2 fully saturated rings. The van der Waals surface area contributed by atoms with Crippen molar-refractivity contribution in [2.24, 2.45) is 0 Å². The van der Waals surface area contributed by atoms with Crippen LogP contribution in [0.1, 0.15) is 31.2 Å². The van der Waals surface area contributed by atoms with Gasteiger partial charge in [0.2, 0.25) is 0 Å². The number of nitrogens with one attached hydrogen (secondary N) is 1. The number of benzene rings is 2. The average Bonchev–Trinajstić information content (AvgIpc) is 2.82. The lowest BCUT2D eigenvalue weighted by Crippen LogP contribution is -3.00. The summed E-state index contributed by atoms with van der Waals surface area (Å²) in [6.45, 7) is 1.96. The second kappa shape index (κ2) is 8.85. The molecule has 2 atom stereocenters. The van der Waals surface area contributed by atoms with Gasteiger partial charge in [-0.1, -0.05) is 29.8 Å². The zero-order chi connectivity index (χ0) is 20.8. The van der Waals surface area contributed by atoms with Crippen molar-refractivity contribution in [3.8, 4) is 11.1 Å². The third-order valence-corrected chi connectivity index (χ3v) is 6.99. The van der Waals surface area contributed by atoms with Crippen LogP contribution >= 0.6 is 11.6 Å². The first-order valence-corrected chi connectivity index (χ1v) is 10.5. The van der Waals surface area contributed by atoms with Gasteiger partial charge in [-0.2, -0.15) is 0 Å². The maximum atomic E-state index is 13.5. The number of rotatable bonds is 3. The third kappa shape index (κ3) is 4.51. The molecular weight excluding hydrogens is 471 g/mol. The smallest absolute Gasteiger partial charge is 0.411 e. The van der Waals surface area contributed by atoms with Gasteiger partial charge in [0.15, 0.2) is 0 Å². The molecule has 0 spiro atoms. The first kappa shape index (κ1) is 23.0. The Morgan fingerprint density at radius 1 is 1.13 bits per heavy atom. The van der Waals surface area contributed by atoms with Gasteiger partial charge in [0.05, 0.1) is 36.9 Å². The number of piperidine rings is 1. The summed E-state index contributed by atoms with van der Waals surface area (Å²) in [4.78, 5) is 12.7. The van der Waals surface area contributed by atoms with E-state index in [1.807, 2.05) is 25.1 Å². The highest BCUT2D eigenvalue weighted by molar-refractivity contribution is 6.31. The summed E-state index contributed by atoms with van der Waals surface area (Å²) in [5, 5.41) is 2.95. The van der Waals surface area contributed by atoms with Crippen molar-refractivity contribution < 1.29 is 35.4 Å². The Bertz CT molecular complexity index is 937. The van der Waals surface area contributed by atoms with Gasteiger partial charge in [0, 0.05) is 31.2 Å². The molecule has 2 saturated heterocycles. The van der Waals surface area contributed by atoms with Crippen LogP contribution in [0.5, 0.6) is 0 Å². The zero-order valence-electron chi connectivity index (χ0n) is 17.4. The predicted molar refractivity (Wildman–Crippen MR) is 114 cm³/mol. The minimum atomic E-state index is -0.468. The molecule has 1 N–H and O–H groups in total. The molecule has 2 aliphatic rings. The number of nitrogens with zero attached hydrogens (tertiary/aromatic N) is 1. The number of anilines is 1. The summed E-state index contributed by atoms with van der Waals surface area (Å²) >= 11 is 5.95. The van der Waals surface area contributed by atoms with Gasteiger partial charge in [-0.3, -0.25) is 5.32 Å². The molecular formula is C23H27BrClFN2O2. The minimum absolute atomic E-state index is 0. The maximum Gasteiger partial charge on any atom is 0.411 e. The quantitative estimate of drug-likeness (QED) is 0.663. The van der Waals surface area contributed by atoms with E-state index in [2.05, 4.69) is 19.4 Å². The lowest BCUT2D eigenvalue weighted by atomic mass is 9.98. The van der Waals surface area contributed by atoms with Crippen molar-refractivity contribution in [1.82, 2.24) is 0 Å². The van der Waals surface area contributed by atoms with E-state index in [0.29, 0.717) is 17.8 Å². The van der Waals surface area contributed by atoms with Crippen molar-refractivity contribution in [2.75, 3.05) is 19.4 Å². The van der Waals surface area contributed by atoms with E-state index < -0.39 is 11.9 Å². The zero-order valence-corrected chi connectivity index (χ0v) is 19.8. The van der Waals surface area contributed by atoms with E-state index >= 15 is 0 Å². The Balaban J connectivity index is 0.00000256. The molecule has 30 heavy (non-hydrogen) atoms. The lowest BCUT2D eigenvalue weighted by Gasteiger charge is -2.43. The molecule has 2 aliphatic heterocycles. The van der Waals surface area contributed by atoms with Crippen molar-refractivity contribution >= 4 is 23.4 Å². The van der Waals surface area contributed by atoms with Crippen LogP contribution in [0.4, 0.5) is 14.9 Å². The van der Waals surface area contributed by atoms with Crippen molar-refractivity contribution in [3.05, 3.63) is 52.8 Å². The fraction of sp³-hybridized carbons (Fsp3) is 0.435. The van der Waals surface area contributed by atoms with Crippen LogP contribution in [0, 0.1) is 12.7 Å². The Hall–Kier alpha value is -1.63. The Kier molecular flexibility index (Phi) is 6.80. The molecule has 7 heteroatoms. The molecule has 4 nitrogen and oxygen atoms in total. The molecule has 2 heterocycles. The standard InChI is InChI=1S/C23H26ClFN2O2.BrH/c1-14-4-8-19(15-5-9-21(25)20(24)11-15)22(10-14)26-23(28)29-18-12-16-6-7-17(13-18)27(16,2)3;/h4-5,8-11,16-18H,6-7,12-13H2,1-3H3;1H. The fourth-order valence-electron chi connectivity index (χ4n) is 4.89. The highest BCUT2D eigenvalue weighted by Crippen LogP contribution is 2.40. The van der Waals surface area contributed by atoms with E-state index in [4.69, 9.17) is 16.3 Å². The second-order valence-corrected chi connectivity index (χ2v) is 9.22. The molecule has 162 valence electrons. The van der Waals surface area contributed by atoms with Crippen LogP contribution in [0.3, 0.4) is 0 Å². The van der Waals surface area contributed by atoms with Crippen molar-refractivity contribution in [1.29, 1.82) is 0 Å². The summed E-state index contributed by atoms with van der Waals surface area (Å²) < 4.78 is 20.4. The molecule has 0 aliphatic carbocycles. The van der Waals surface area contributed by atoms with Gasteiger partial charge in [-0.25, -0.2) is 9.18 Å². The monoisotopic (exact) mass is 496 g/mol. The summed E-state index contributed by atoms with van der Waals surface area (Å²) in [6, 6.07) is 11.4. The highest BCUT2D eigenvalue weighted by atomic mass is 79.9. The molecule has 0 saturated carbocycles. The second-order valence-electron chi connectivity index (χ2n) is 8.82. The lowest BCUT2D eigenvalue weighted by molar-refractivity contribution is -0.931. The summed E-state index contributed by atoms with van der Waals surface area (Å²) in [7, 11) is 4.57. The summed E-state index contributed by atoms with van der Waals surface area (Å²) in [5.74, 6) is -0.468. The Morgan fingerprint density at radius 2 is 1.80 bits per heavy atom. The van der Waals surface area contributed by atoms with Gasteiger partial charge in [-0.05, 0) is 36.2 Å². The number of hydrogen-bond acceptors (Lipinski definition) is 2. The molecule has 0 aromatic heterocycles. The average molecular weight is 498 g/mol. The number of carbonyl (C=O) groups excluding carboxylic acids is 1. The summed E-state index contributed by atoms with van der Waals surface area (Å²) in [6.07, 6.45) is 3.73. The van der Waals surface area contributed by atoms with Crippen LogP contribution < -0.4 is 22.3 Å². The van der Waals surface area contributed by atoms with Crippen LogP contribution in [-0.4, -0.2) is 42.9 Å². The van der Waals surface area contributed by atoms with E-state index in [1.54, 1.807) is 12.1 Å². The molecule has 2 aromatic rings. The number of quaternary nitrogens is 1. The first-order valence-electron chi connectivity index (χ1n) is 10.1. The van der Waals surface area contributed by atoms with Gasteiger partial charge < -0.3 is 26.2 Å². The largest absolute Gasteiger partial charge is 1.00 e. The first-order chi connectivity index (χ1) is 13.7. The third-order valence-electron chi connectivity index (χ3n) is 6.70. The van der Waals surface area contributed by atoms with Gasteiger partial charge in [0.25, 0.3) is 0 Å². The molecule has 2 unspecified atom stereocenters. The van der Waals surface area contributed by atoms with Crippen LogP contribution in [-0.2, 0) is 4.74 Å². The van der Waals surface area contributed by atoms with Gasteiger partial charge in [0.1, 0.15) is 11.9 Å². The number of aryl methyl sites for hydroxylation is 1. The predicted octanol–water partition coefficient (Wildman–Crippen LogP) is 2.78. The van der Waals surface area contributed by atoms with E-state index in [9.17, 15) is 9.18 Å². The van der Waals surface area contributed by atoms with E-state index in [-0.39, 0.29) is 28.1 Å².